The van der Waals surface area contributed by atoms with Crippen molar-refractivity contribution in [3.8, 4) is 0 Å². The number of nitrogens with zero attached hydrogens (tertiary/aromatic N) is 6. The van der Waals surface area contributed by atoms with Gasteiger partial charge in [-0.3, -0.25) is 14.4 Å². The molecule has 1 saturated heterocycles. The fraction of sp³-hybridized carbons (Fsp3) is 0.520. The topological polar surface area (TPSA) is 134 Å². The summed E-state index contributed by atoms with van der Waals surface area (Å²) in [5.41, 5.74) is 0.675. The van der Waals surface area contributed by atoms with Gasteiger partial charge in [0.05, 0.1) is 59.7 Å². The van der Waals surface area contributed by atoms with E-state index in [-0.39, 0.29) is 49.1 Å². The van der Waals surface area contributed by atoms with Crippen LogP contribution in [-0.2, 0) is 43.9 Å². The summed E-state index contributed by atoms with van der Waals surface area (Å²) < 4.78 is 46.9. The Kier molecular flexibility index (Phi) is 8.10. The minimum atomic E-state index is -3.51. The van der Waals surface area contributed by atoms with E-state index in [0.29, 0.717) is 16.9 Å². The standard InChI is InChI=1S/C25H30ClFN6O6S/c1-25(2,3)39-24(36)31-13-22-21(32-11-16(8-23(32)35)30(4)40(5,37)38)10-29-33(22)12-17(31)6-15-7-19(27)18(26)9-20(15)28-14-34/h7,9-10,16-17H,6,8,11-13H2,1-5H3/t16?,17-/m0/s1. The predicted molar refractivity (Wildman–Crippen MR) is 144 cm³/mol. The number of isocyanates is 1. The van der Waals surface area contributed by atoms with E-state index < -0.39 is 39.6 Å². The van der Waals surface area contributed by atoms with Crippen LogP contribution in [0.1, 0.15) is 38.4 Å². The van der Waals surface area contributed by atoms with Gasteiger partial charge >= 0.3 is 6.09 Å². The highest BCUT2D eigenvalue weighted by Gasteiger charge is 2.41. The zero-order chi connectivity index (χ0) is 29.6. The lowest BCUT2D eigenvalue weighted by molar-refractivity contribution is -0.117. The number of hydrogen-bond donors (Lipinski definition) is 0. The van der Waals surface area contributed by atoms with E-state index in [1.165, 1.54) is 39.5 Å². The molecule has 0 aliphatic carbocycles. The smallest absolute Gasteiger partial charge is 0.410 e. The molecule has 2 aliphatic rings. The van der Waals surface area contributed by atoms with Gasteiger partial charge < -0.3 is 9.64 Å². The monoisotopic (exact) mass is 596 g/mol. The molecule has 15 heteroatoms. The number of carbonyl (C=O) groups excluding carboxylic acids is 3. The highest BCUT2D eigenvalue weighted by Crippen LogP contribution is 2.34. The van der Waals surface area contributed by atoms with Gasteiger partial charge in [0.15, 0.2) is 0 Å². The molecule has 3 heterocycles. The number of benzene rings is 1. The first-order chi connectivity index (χ1) is 18.6. The SMILES string of the molecule is CN(C1CC(=O)N(c2cnn3c2CN(C(=O)OC(C)(C)C)[C@@H](Cc2cc(F)c(Cl)cc2N=C=O)C3)C1)S(C)(=O)=O. The van der Waals surface area contributed by atoms with Crippen molar-refractivity contribution in [2.75, 3.05) is 24.7 Å². The highest BCUT2D eigenvalue weighted by atomic mass is 35.5. The molecular formula is C25H30ClFN6O6S. The van der Waals surface area contributed by atoms with Crippen LogP contribution in [0.15, 0.2) is 23.3 Å². The van der Waals surface area contributed by atoms with Gasteiger partial charge in [0.25, 0.3) is 0 Å². The van der Waals surface area contributed by atoms with Crippen LogP contribution in [0.5, 0.6) is 0 Å². The third-order valence-electron chi connectivity index (χ3n) is 6.88. The molecule has 1 unspecified atom stereocenters. The van der Waals surface area contributed by atoms with E-state index in [0.717, 1.165) is 12.3 Å². The Morgan fingerprint density at radius 3 is 2.65 bits per heavy atom. The Bertz CT molecular complexity index is 1500. The van der Waals surface area contributed by atoms with Gasteiger partial charge in [0.2, 0.25) is 22.0 Å². The van der Waals surface area contributed by atoms with Gasteiger partial charge in [-0.2, -0.15) is 14.4 Å². The van der Waals surface area contributed by atoms with Crippen LogP contribution in [-0.4, -0.2) is 83.0 Å². The number of carbonyl (C=O) groups is 2. The number of anilines is 1. The van der Waals surface area contributed by atoms with Crippen LogP contribution in [0, 0.1) is 5.82 Å². The van der Waals surface area contributed by atoms with E-state index >= 15 is 0 Å². The van der Waals surface area contributed by atoms with Gasteiger partial charge in [-0.05, 0) is 44.9 Å². The average Bonchev–Trinajstić information content (AvgIpc) is 3.42. The summed E-state index contributed by atoms with van der Waals surface area (Å²) in [5.74, 6) is -0.973. The average molecular weight is 597 g/mol. The maximum atomic E-state index is 14.4. The lowest BCUT2D eigenvalue weighted by Crippen LogP contribution is -2.49. The molecule has 12 nitrogen and oxygen atoms in total. The molecule has 2 aliphatic heterocycles. The number of aliphatic imine (C=N–C) groups is 1. The Balaban J connectivity index is 1.69. The molecule has 2 aromatic rings. The van der Waals surface area contributed by atoms with E-state index in [2.05, 4.69) is 10.1 Å². The van der Waals surface area contributed by atoms with Crippen molar-refractivity contribution in [3.63, 3.8) is 0 Å². The van der Waals surface area contributed by atoms with Crippen LogP contribution in [0.25, 0.3) is 0 Å². The molecular weight excluding hydrogens is 567 g/mol. The molecule has 1 fully saturated rings. The molecule has 0 radical (unpaired) electrons. The number of aromatic nitrogens is 2. The van der Waals surface area contributed by atoms with Crippen molar-refractivity contribution in [1.29, 1.82) is 0 Å². The van der Waals surface area contributed by atoms with Gasteiger partial charge in [0, 0.05) is 20.0 Å². The molecule has 1 aromatic heterocycles. The maximum Gasteiger partial charge on any atom is 0.410 e. The van der Waals surface area contributed by atoms with E-state index in [9.17, 15) is 27.2 Å². The van der Waals surface area contributed by atoms with Crippen molar-refractivity contribution in [2.24, 2.45) is 4.99 Å². The number of amides is 2. The molecule has 216 valence electrons. The second kappa shape index (κ2) is 10.9. The number of hydrogen-bond acceptors (Lipinski definition) is 8. The summed E-state index contributed by atoms with van der Waals surface area (Å²) in [6.07, 6.45) is 3.50. The minimum absolute atomic E-state index is 0.00757. The lowest BCUT2D eigenvalue weighted by atomic mass is 10.0. The van der Waals surface area contributed by atoms with Gasteiger partial charge in [-0.1, -0.05) is 11.6 Å². The first kappa shape index (κ1) is 29.7. The molecule has 0 N–H and O–H groups in total. The quantitative estimate of drug-likeness (QED) is 0.369. The fourth-order valence-corrected chi connectivity index (χ4v) is 5.67. The Labute approximate surface area is 236 Å². The van der Waals surface area contributed by atoms with E-state index in [4.69, 9.17) is 16.3 Å². The number of likely N-dealkylation sites (N-methyl/N-ethyl adjacent to an activating group) is 1. The van der Waals surface area contributed by atoms with Crippen molar-refractivity contribution >= 4 is 51.1 Å². The van der Waals surface area contributed by atoms with E-state index in [1.54, 1.807) is 25.5 Å². The molecule has 2 amide bonds. The maximum absolute atomic E-state index is 14.4. The molecule has 40 heavy (non-hydrogen) atoms. The molecule has 4 rings (SSSR count). The zero-order valence-electron chi connectivity index (χ0n) is 22.7. The minimum Gasteiger partial charge on any atom is -0.444 e. The van der Waals surface area contributed by atoms with Crippen LogP contribution < -0.4 is 4.90 Å². The number of fused-ring (bicyclic) bond motifs is 1. The summed E-state index contributed by atoms with van der Waals surface area (Å²) in [5, 5.41) is 4.23. The summed E-state index contributed by atoms with van der Waals surface area (Å²) >= 11 is 5.88. The second-order valence-electron chi connectivity index (χ2n) is 10.9. The van der Waals surface area contributed by atoms with Crippen LogP contribution >= 0.6 is 11.6 Å². The van der Waals surface area contributed by atoms with Gasteiger partial charge in [-0.25, -0.2) is 22.4 Å². The lowest BCUT2D eigenvalue weighted by Gasteiger charge is -2.38. The molecule has 0 bridgehead atoms. The Morgan fingerprint density at radius 2 is 2.02 bits per heavy atom. The molecule has 2 atom stereocenters. The van der Waals surface area contributed by atoms with Crippen LogP contribution in [0.2, 0.25) is 5.02 Å². The largest absolute Gasteiger partial charge is 0.444 e. The highest BCUT2D eigenvalue weighted by molar-refractivity contribution is 7.88. The van der Waals surface area contributed by atoms with Gasteiger partial charge in [-0.15, -0.1) is 0 Å². The Morgan fingerprint density at radius 1 is 1.32 bits per heavy atom. The summed E-state index contributed by atoms with van der Waals surface area (Å²) in [6.45, 7) is 5.49. The molecule has 1 aromatic carbocycles. The van der Waals surface area contributed by atoms with E-state index in [1.807, 2.05) is 0 Å². The predicted octanol–water partition coefficient (Wildman–Crippen LogP) is 3.00. The molecule has 0 saturated carbocycles. The van der Waals surface area contributed by atoms with Crippen molar-refractivity contribution in [2.45, 2.75) is 64.4 Å². The fourth-order valence-electron chi connectivity index (χ4n) is 4.83. The summed E-state index contributed by atoms with van der Waals surface area (Å²) in [7, 11) is -2.08. The number of sulfonamides is 1. The third kappa shape index (κ3) is 6.20. The zero-order valence-corrected chi connectivity index (χ0v) is 24.3. The normalized spacial score (nSPS) is 19.6. The van der Waals surface area contributed by atoms with Crippen molar-refractivity contribution in [1.82, 2.24) is 19.0 Å². The second-order valence-corrected chi connectivity index (χ2v) is 13.3. The van der Waals surface area contributed by atoms with Gasteiger partial charge in [0.1, 0.15) is 11.4 Å². The first-order valence-electron chi connectivity index (χ1n) is 12.4. The number of rotatable bonds is 6. The van der Waals surface area contributed by atoms with Crippen molar-refractivity contribution in [3.05, 3.63) is 40.4 Å². The van der Waals surface area contributed by atoms with Crippen LogP contribution in [0.4, 0.5) is 20.6 Å². The number of ether oxygens (including phenoxy) is 1. The molecule has 0 spiro atoms. The van der Waals surface area contributed by atoms with Crippen LogP contribution in [0.3, 0.4) is 0 Å². The third-order valence-corrected chi connectivity index (χ3v) is 8.51. The Hall–Kier alpha value is -3.32. The van der Waals surface area contributed by atoms with Crippen molar-refractivity contribution < 1.29 is 31.9 Å². The summed E-state index contributed by atoms with van der Waals surface area (Å²) in [6, 6.07) is 1.25. The summed E-state index contributed by atoms with van der Waals surface area (Å²) in [4.78, 5) is 43.9. The first-order valence-corrected chi connectivity index (χ1v) is 14.6. The number of halogens is 2.